The van der Waals surface area contributed by atoms with Gasteiger partial charge >= 0.3 is 0 Å². The topological polar surface area (TPSA) is 9.23 Å². The number of hydrogen-bond donors (Lipinski definition) is 0. The van der Waals surface area contributed by atoms with Crippen molar-refractivity contribution in [1.29, 1.82) is 0 Å². The van der Waals surface area contributed by atoms with Crippen LogP contribution in [0.3, 0.4) is 0 Å². The lowest BCUT2D eigenvalue weighted by Crippen LogP contribution is -2.29. The van der Waals surface area contributed by atoms with Crippen LogP contribution in [0, 0.1) is 10.8 Å². The number of methoxy groups -OCH3 is 1. The van der Waals surface area contributed by atoms with Gasteiger partial charge in [-0.15, -0.1) is 0 Å². The molecule has 0 aliphatic heterocycles. The molecule has 0 N–H and O–H groups in total. The van der Waals surface area contributed by atoms with E-state index >= 15 is 0 Å². The molecule has 1 nitrogen and oxygen atoms in total. The van der Waals surface area contributed by atoms with Gasteiger partial charge in [0.25, 0.3) is 0 Å². The Balaban J connectivity index is 1.87. The molecule has 0 unspecified atom stereocenters. The van der Waals surface area contributed by atoms with Crippen molar-refractivity contribution in [2.75, 3.05) is 13.7 Å². The first-order valence-electron chi connectivity index (χ1n) is 5.17. The molecule has 12 heavy (non-hydrogen) atoms. The molecule has 0 saturated heterocycles. The molecule has 2 rings (SSSR count). The Morgan fingerprint density at radius 1 is 1.00 bits per heavy atom. The summed E-state index contributed by atoms with van der Waals surface area (Å²) in [5, 5.41) is 0. The molecule has 1 spiro atoms. The van der Waals surface area contributed by atoms with Crippen LogP contribution < -0.4 is 0 Å². The van der Waals surface area contributed by atoms with E-state index in [1.54, 1.807) is 0 Å². The summed E-state index contributed by atoms with van der Waals surface area (Å²) >= 11 is 0. The van der Waals surface area contributed by atoms with Crippen LogP contribution in [0.1, 0.15) is 45.4 Å². The largest absolute Gasteiger partial charge is 0.384 e. The Labute approximate surface area is 75.5 Å². The molecule has 0 aromatic rings. The predicted molar refractivity (Wildman–Crippen MR) is 50.1 cm³/mol. The predicted octanol–water partition coefficient (Wildman–Crippen LogP) is 2.99. The Kier molecular flexibility index (Phi) is 1.95. The minimum absolute atomic E-state index is 0.503. The van der Waals surface area contributed by atoms with Gasteiger partial charge in [0.05, 0.1) is 6.61 Å². The van der Waals surface area contributed by atoms with Crippen molar-refractivity contribution in [3.63, 3.8) is 0 Å². The van der Waals surface area contributed by atoms with E-state index in [0.717, 1.165) is 12.0 Å². The molecule has 0 aromatic carbocycles. The van der Waals surface area contributed by atoms with Gasteiger partial charge in [-0.25, -0.2) is 0 Å². The second kappa shape index (κ2) is 2.73. The third kappa shape index (κ3) is 1.52. The van der Waals surface area contributed by atoms with Crippen LogP contribution in [-0.2, 0) is 4.74 Å². The lowest BCUT2D eigenvalue weighted by molar-refractivity contribution is 0.0452. The molecule has 2 saturated carbocycles. The average molecular weight is 168 g/mol. The summed E-state index contributed by atoms with van der Waals surface area (Å²) < 4.78 is 5.27. The van der Waals surface area contributed by atoms with Crippen LogP contribution in [0.2, 0.25) is 0 Å². The molecule has 0 heterocycles. The highest BCUT2D eigenvalue weighted by atomic mass is 16.5. The van der Waals surface area contributed by atoms with Crippen LogP contribution in [0.4, 0.5) is 0 Å². The van der Waals surface area contributed by atoms with Crippen LogP contribution in [0.25, 0.3) is 0 Å². The van der Waals surface area contributed by atoms with E-state index in [0.29, 0.717) is 5.41 Å². The summed E-state index contributed by atoms with van der Waals surface area (Å²) in [7, 11) is 1.83. The normalized spacial score (nSPS) is 30.5. The maximum absolute atomic E-state index is 5.27. The summed E-state index contributed by atoms with van der Waals surface area (Å²) in [6, 6.07) is 0. The Bertz CT molecular complexity index is 160. The molecule has 0 atom stereocenters. The highest BCUT2D eigenvalue weighted by Gasteiger charge is 2.47. The molecule has 0 radical (unpaired) electrons. The van der Waals surface area contributed by atoms with Gasteiger partial charge in [-0.05, 0) is 49.4 Å². The monoisotopic (exact) mass is 168 g/mol. The highest BCUT2D eigenvalue weighted by Crippen LogP contribution is 2.59. The van der Waals surface area contributed by atoms with Crippen molar-refractivity contribution < 1.29 is 4.74 Å². The van der Waals surface area contributed by atoms with E-state index < -0.39 is 0 Å². The fourth-order valence-corrected chi connectivity index (χ4v) is 2.55. The second-order valence-corrected chi connectivity index (χ2v) is 5.24. The zero-order chi connectivity index (χ0) is 8.66. The summed E-state index contributed by atoms with van der Waals surface area (Å²) in [5.74, 6) is 0. The minimum Gasteiger partial charge on any atom is -0.384 e. The third-order valence-electron chi connectivity index (χ3n) is 3.97. The van der Waals surface area contributed by atoms with E-state index in [1.165, 1.54) is 38.5 Å². The van der Waals surface area contributed by atoms with Crippen molar-refractivity contribution in [2.45, 2.75) is 45.4 Å². The summed E-state index contributed by atoms with van der Waals surface area (Å²) in [6.45, 7) is 3.34. The van der Waals surface area contributed by atoms with E-state index in [-0.39, 0.29) is 0 Å². The first-order chi connectivity index (χ1) is 5.68. The van der Waals surface area contributed by atoms with Gasteiger partial charge in [-0.3, -0.25) is 0 Å². The number of hydrogen-bond acceptors (Lipinski definition) is 1. The van der Waals surface area contributed by atoms with Crippen molar-refractivity contribution >= 4 is 0 Å². The zero-order valence-electron chi connectivity index (χ0n) is 8.36. The maximum Gasteiger partial charge on any atom is 0.0516 e. The van der Waals surface area contributed by atoms with Crippen LogP contribution in [-0.4, -0.2) is 13.7 Å². The van der Waals surface area contributed by atoms with Crippen LogP contribution >= 0.6 is 0 Å². The molecular formula is C11H20O. The SMILES string of the molecule is COCC1(C)CCC2(CC1)CC2. The quantitative estimate of drug-likeness (QED) is 0.616. The van der Waals surface area contributed by atoms with Gasteiger partial charge < -0.3 is 4.74 Å². The lowest BCUT2D eigenvalue weighted by atomic mass is 9.71. The van der Waals surface area contributed by atoms with Crippen molar-refractivity contribution in [2.24, 2.45) is 10.8 Å². The minimum atomic E-state index is 0.503. The highest BCUT2D eigenvalue weighted by molar-refractivity contribution is 4.99. The number of ether oxygens (including phenoxy) is 1. The molecular weight excluding hydrogens is 148 g/mol. The molecule has 0 aromatic heterocycles. The second-order valence-electron chi connectivity index (χ2n) is 5.24. The van der Waals surface area contributed by atoms with Crippen molar-refractivity contribution in [3.05, 3.63) is 0 Å². The molecule has 2 fully saturated rings. The maximum atomic E-state index is 5.27. The van der Waals surface area contributed by atoms with E-state index in [9.17, 15) is 0 Å². The average Bonchev–Trinajstić information content (AvgIpc) is 2.79. The standard InChI is InChI=1S/C11H20O/c1-10(9-12-2)3-5-11(6-4-10)7-8-11/h3-9H2,1-2H3. The van der Waals surface area contributed by atoms with E-state index in [1.807, 2.05) is 7.11 Å². The zero-order valence-corrected chi connectivity index (χ0v) is 8.36. The molecule has 0 bridgehead atoms. The number of rotatable bonds is 2. The van der Waals surface area contributed by atoms with Crippen molar-refractivity contribution in [3.8, 4) is 0 Å². The molecule has 1 heteroatoms. The Hall–Kier alpha value is -0.0400. The first-order valence-corrected chi connectivity index (χ1v) is 5.17. The first kappa shape index (κ1) is 8.55. The summed E-state index contributed by atoms with van der Waals surface area (Å²) in [5.41, 5.74) is 1.33. The van der Waals surface area contributed by atoms with Gasteiger partial charge in [0.1, 0.15) is 0 Å². The Morgan fingerprint density at radius 3 is 1.92 bits per heavy atom. The molecule has 70 valence electrons. The summed E-state index contributed by atoms with van der Waals surface area (Å²) in [4.78, 5) is 0. The van der Waals surface area contributed by atoms with Crippen LogP contribution in [0.5, 0.6) is 0 Å². The summed E-state index contributed by atoms with van der Waals surface area (Å²) in [6.07, 6.45) is 8.73. The fourth-order valence-electron chi connectivity index (χ4n) is 2.55. The van der Waals surface area contributed by atoms with E-state index in [2.05, 4.69) is 6.92 Å². The Morgan fingerprint density at radius 2 is 1.50 bits per heavy atom. The third-order valence-corrected chi connectivity index (χ3v) is 3.97. The molecule has 2 aliphatic carbocycles. The lowest BCUT2D eigenvalue weighted by Gasteiger charge is -2.37. The molecule has 0 amide bonds. The smallest absolute Gasteiger partial charge is 0.0516 e. The van der Waals surface area contributed by atoms with Gasteiger partial charge in [-0.2, -0.15) is 0 Å². The van der Waals surface area contributed by atoms with Gasteiger partial charge in [0.15, 0.2) is 0 Å². The van der Waals surface area contributed by atoms with Crippen LogP contribution in [0.15, 0.2) is 0 Å². The van der Waals surface area contributed by atoms with Crippen molar-refractivity contribution in [1.82, 2.24) is 0 Å². The van der Waals surface area contributed by atoms with Gasteiger partial charge in [-0.1, -0.05) is 6.92 Å². The molecule has 2 aliphatic rings. The van der Waals surface area contributed by atoms with Gasteiger partial charge in [0, 0.05) is 7.11 Å². The fraction of sp³-hybridized carbons (Fsp3) is 1.00. The van der Waals surface area contributed by atoms with E-state index in [4.69, 9.17) is 4.74 Å². The van der Waals surface area contributed by atoms with Gasteiger partial charge in [0.2, 0.25) is 0 Å².